The van der Waals surface area contributed by atoms with Crippen LogP contribution in [0.25, 0.3) is 0 Å². The summed E-state index contributed by atoms with van der Waals surface area (Å²) < 4.78 is 5.72. The summed E-state index contributed by atoms with van der Waals surface area (Å²) in [5.74, 6) is 0.975. The van der Waals surface area contributed by atoms with Crippen molar-refractivity contribution in [3.63, 3.8) is 0 Å². The van der Waals surface area contributed by atoms with E-state index in [9.17, 15) is 0 Å². The number of hydrogen-bond donors (Lipinski definition) is 1. The quantitative estimate of drug-likeness (QED) is 0.844. The summed E-state index contributed by atoms with van der Waals surface area (Å²) in [4.78, 5) is 2.45. The van der Waals surface area contributed by atoms with Crippen molar-refractivity contribution < 1.29 is 4.74 Å². The minimum Gasteiger partial charge on any atom is -0.494 e. The molecule has 1 aromatic rings. The zero-order valence-corrected chi connectivity index (χ0v) is 13.5. The molecule has 5 heteroatoms. The second kappa shape index (κ2) is 10.1. The predicted octanol–water partition coefficient (Wildman–Crippen LogP) is 3.06. The molecule has 1 aromatic carbocycles. The fourth-order valence-corrected chi connectivity index (χ4v) is 2.44. The van der Waals surface area contributed by atoms with Gasteiger partial charge in [0.2, 0.25) is 0 Å². The monoisotopic (exact) mass is 318 g/mol. The predicted molar refractivity (Wildman–Crippen MR) is 89.5 cm³/mol. The number of nitrogens with one attached hydrogen (secondary N) is 1. The smallest absolute Gasteiger partial charge is 0.124 e. The number of piperazine rings is 1. The van der Waals surface area contributed by atoms with E-state index in [-0.39, 0.29) is 30.9 Å². The third kappa shape index (κ3) is 4.67. The van der Waals surface area contributed by atoms with Gasteiger partial charge in [-0.05, 0) is 13.0 Å². The van der Waals surface area contributed by atoms with E-state index in [1.165, 1.54) is 5.56 Å². The van der Waals surface area contributed by atoms with Gasteiger partial charge in [-0.25, -0.2) is 0 Å². The Balaban J connectivity index is 0.00000180. The van der Waals surface area contributed by atoms with Crippen LogP contribution in [0.1, 0.15) is 18.5 Å². The second-order valence-electron chi connectivity index (χ2n) is 4.44. The van der Waals surface area contributed by atoms with Gasteiger partial charge in [-0.2, -0.15) is 0 Å². The average Bonchev–Trinajstić information content (AvgIpc) is 2.43. The molecular weight excluding hydrogens is 295 g/mol. The first-order chi connectivity index (χ1) is 8.86. The van der Waals surface area contributed by atoms with E-state index in [0.717, 1.165) is 31.9 Å². The molecule has 0 bridgehead atoms. The van der Waals surface area contributed by atoms with Gasteiger partial charge in [0.05, 0.1) is 12.6 Å². The van der Waals surface area contributed by atoms with Crippen molar-refractivity contribution in [1.29, 1.82) is 0 Å². The van der Waals surface area contributed by atoms with Crippen LogP contribution in [0.5, 0.6) is 5.75 Å². The standard InChI is InChI=1S/C15H22N2O.2ClH/c1-3-14(17-11-9-16-10-12-17)13-7-5-6-8-15(13)18-4-2;;/h3,5-8,14,16H,1,4,9-12H2,2H3;2*1H/t14-;;/m0../s1. The highest BCUT2D eigenvalue weighted by atomic mass is 35.5. The number of halogens is 2. The van der Waals surface area contributed by atoms with Gasteiger partial charge < -0.3 is 10.1 Å². The fraction of sp³-hybridized carbons (Fsp3) is 0.467. The first-order valence-corrected chi connectivity index (χ1v) is 6.66. The van der Waals surface area contributed by atoms with Gasteiger partial charge in [-0.3, -0.25) is 4.90 Å². The Labute approximate surface area is 134 Å². The molecule has 2 rings (SSSR count). The molecule has 0 unspecified atom stereocenters. The van der Waals surface area contributed by atoms with E-state index in [1.54, 1.807) is 0 Å². The zero-order valence-electron chi connectivity index (χ0n) is 11.9. The van der Waals surface area contributed by atoms with Crippen molar-refractivity contribution in [2.24, 2.45) is 0 Å². The Kier molecular flexibility index (Phi) is 9.68. The van der Waals surface area contributed by atoms with Crippen LogP contribution in [0.2, 0.25) is 0 Å². The molecule has 1 heterocycles. The van der Waals surface area contributed by atoms with Crippen LogP contribution < -0.4 is 10.1 Å². The van der Waals surface area contributed by atoms with Crippen LogP contribution in [-0.4, -0.2) is 37.7 Å². The lowest BCUT2D eigenvalue weighted by Gasteiger charge is -2.34. The third-order valence-corrected chi connectivity index (χ3v) is 3.31. The maximum Gasteiger partial charge on any atom is 0.124 e. The SMILES string of the molecule is C=C[C@@H](c1ccccc1OCC)N1CCNCC1.Cl.Cl. The van der Waals surface area contributed by atoms with Crippen molar-refractivity contribution in [1.82, 2.24) is 10.2 Å². The van der Waals surface area contributed by atoms with Crippen molar-refractivity contribution in [3.8, 4) is 5.75 Å². The maximum absolute atomic E-state index is 5.72. The van der Waals surface area contributed by atoms with Gasteiger partial charge in [0.15, 0.2) is 0 Å². The van der Waals surface area contributed by atoms with Crippen LogP contribution in [0.3, 0.4) is 0 Å². The lowest BCUT2D eigenvalue weighted by Crippen LogP contribution is -2.44. The molecule has 0 radical (unpaired) electrons. The Morgan fingerprint density at radius 3 is 2.55 bits per heavy atom. The third-order valence-electron chi connectivity index (χ3n) is 3.31. The lowest BCUT2D eigenvalue weighted by molar-refractivity contribution is 0.199. The molecule has 0 saturated carbocycles. The van der Waals surface area contributed by atoms with Gasteiger partial charge in [0.25, 0.3) is 0 Å². The summed E-state index contributed by atoms with van der Waals surface area (Å²) in [6, 6.07) is 8.51. The van der Waals surface area contributed by atoms with Crippen molar-refractivity contribution in [2.75, 3.05) is 32.8 Å². The molecule has 1 saturated heterocycles. The molecule has 1 atom stereocenters. The fourth-order valence-electron chi connectivity index (χ4n) is 2.44. The van der Waals surface area contributed by atoms with Crippen molar-refractivity contribution >= 4 is 24.8 Å². The number of rotatable bonds is 5. The van der Waals surface area contributed by atoms with Crippen molar-refractivity contribution in [2.45, 2.75) is 13.0 Å². The normalized spacial score (nSPS) is 16.4. The summed E-state index contributed by atoms with van der Waals surface area (Å²) >= 11 is 0. The van der Waals surface area contributed by atoms with Crippen LogP contribution in [-0.2, 0) is 0 Å². The molecule has 1 N–H and O–H groups in total. The highest BCUT2D eigenvalue weighted by Crippen LogP contribution is 2.30. The molecule has 1 fully saturated rings. The Bertz CT molecular complexity index is 395. The summed E-state index contributed by atoms with van der Waals surface area (Å²) in [5.41, 5.74) is 1.22. The molecule has 1 aliphatic heterocycles. The van der Waals surface area contributed by atoms with E-state index in [4.69, 9.17) is 4.74 Å². The molecule has 1 aliphatic rings. The molecule has 0 amide bonds. The number of ether oxygens (including phenoxy) is 1. The number of benzene rings is 1. The number of nitrogens with zero attached hydrogens (tertiary/aromatic N) is 1. The minimum absolute atomic E-state index is 0. The summed E-state index contributed by atoms with van der Waals surface area (Å²) in [5, 5.41) is 3.38. The van der Waals surface area contributed by atoms with Gasteiger partial charge in [0.1, 0.15) is 5.75 Å². The Morgan fingerprint density at radius 1 is 1.30 bits per heavy atom. The lowest BCUT2D eigenvalue weighted by atomic mass is 10.0. The van der Waals surface area contributed by atoms with E-state index in [1.807, 2.05) is 25.1 Å². The average molecular weight is 319 g/mol. The molecule has 0 aromatic heterocycles. The Hall–Kier alpha value is -0.740. The van der Waals surface area contributed by atoms with Gasteiger partial charge in [-0.1, -0.05) is 24.3 Å². The largest absolute Gasteiger partial charge is 0.494 e. The molecule has 3 nitrogen and oxygen atoms in total. The van der Waals surface area contributed by atoms with Gasteiger partial charge in [0, 0.05) is 31.7 Å². The molecular formula is C15H24Cl2N2O. The minimum atomic E-state index is 0. The highest BCUT2D eigenvalue weighted by molar-refractivity contribution is 5.85. The number of hydrogen-bond acceptors (Lipinski definition) is 3. The van der Waals surface area contributed by atoms with Crippen LogP contribution in [0, 0.1) is 0 Å². The van der Waals surface area contributed by atoms with Crippen LogP contribution >= 0.6 is 24.8 Å². The van der Waals surface area contributed by atoms with Gasteiger partial charge in [-0.15, -0.1) is 31.4 Å². The van der Waals surface area contributed by atoms with Gasteiger partial charge >= 0.3 is 0 Å². The summed E-state index contributed by atoms with van der Waals surface area (Å²) in [6.07, 6.45) is 2.02. The Morgan fingerprint density at radius 2 is 1.95 bits per heavy atom. The van der Waals surface area contributed by atoms with Crippen LogP contribution in [0.4, 0.5) is 0 Å². The second-order valence-corrected chi connectivity index (χ2v) is 4.44. The van der Waals surface area contributed by atoms with E-state index >= 15 is 0 Å². The highest BCUT2D eigenvalue weighted by Gasteiger charge is 2.21. The van der Waals surface area contributed by atoms with E-state index in [0.29, 0.717) is 6.61 Å². The first kappa shape index (κ1) is 19.3. The topological polar surface area (TPSA) is 24.5 Å². The zero-order chi connectivity index (χ0) is 12.8. The van der Waals surface area contributed by atoms with Crippen LogP contribution in [0.15, 0.2) is 36.9 Å². The molecule has 0 spiro atoms. The summed E-state index contributed by atoms with van der Waals surface area (Å²) in [7, 11) is 0. The van der Waals surface area contributed by atoms with E-state index in [2.05, 4.69) is 28.9 Å². The van der Waals surface area contributed by atoms with E-state index < -0.39 is 0 Å². The van der Waals surface area contributed by atoms with Crippen molar-refractivity contribution in [3.05, 3.63) is 42.5 Å². The molecule has 114 valence electrons. The summed E-state index contributed by atoms with van der Waals surface area (Å²) in [6.45, 7) is 10.9. The maximum atomic E-state index is 5.72. The molecule has 20 heavy (non-hydrogen) atoms. The number of para-hydroxylation sites is 1. The first-order valence-electron chi connectivity index (χ1n) is 6.66. The molecule has 0 aliphatic carbocycles.